The van der Waals surface area contributed by atoms with Gasteiger partial charge in [0.1, 0.15) is 0 Å². The van der Waals surface area contributed by atoms with Crippen LogP contribution in [0.3, 0.4) is 0 Å². The van der Waals surface area contributed by atoms with Crippen molar-refractivity contribution in [3.8, 4) is 0 Å². The lowest BCUT2D eigenvalue weighted by Crippen LogP contribution is -2.30. The van der Waals surface area contributed by atoms with E-state index in [-0.39, 0.29) is 23.3 Å². The summed E-state index contributed by atoms with van der Waals surface area (Å²) in [6.45, 7) is 0. The fourth-order valence-corrected chi connectivity index (χ4v) is 3.61. The quantitative estimate of drug-likeness (QED) is 0.645. The third-order valence-corrected chi connectivity index (χ3v) is 5.48. The third kappa shape index (κ3) is 5.19. The smallest absolute Gasteiger partial charge is 0.242 e. The summed E-state index contributed by atoms with van der Waals surface area (Å²) in [5.74, 6) is -0.213. The lowest BCUT2D eigenvalue weighted by Gasteiger charge is -2.10. The van der Waals surface area contributed by atoms with E-state index >= 15 is 0 Å². The molecular formula is C17H18ClN3O3S. The standard InChI is InChI=1S/C17H18ClN3O3S/c18-13-3-1-12(2-4-13)11-17(22)20-19-14-7-9-16(10-8-14)25(23,24)21-15-5-6-15/h1-4,7-10,15,19,21H,5-6,11H2,(H,20,22). The van der Waals surface area contributed by atoms with Crippen LogP contribution in [0.2, 0.25) is 5.02 Å². The van der Waals surface area contributed by atoms with Gasteiger partial charge in [-0.3, -0.25) is 15.6 Å². The van der Waals surface area contributed by atoms with Gasteiger partial charge in [-0.05, 0) is 54.8 Å². The van der Waals surface area contributed by atoms with Crippen LogP contribution in [0.4, 0.5) is 5.69 Å². The molecule has 132 valence electrons. The fraction of sp³-hybridized carbons (Fsp3) is 0.235. The molecule has 1 fully saturated rings. The Bertz CT molecular complexity index is 848. The topological polar surface area (TPSA) is 87.3 Å². The molecule has 1 saturated carbocycles. The molecule has 1 aliphatic carbocycles. The molecule has 1 amide bonds. The average Bonchev–Trinajstić information content (AvgIpc) is 3.39. The number of hydrazine groups is 1. The Labute approximate surface area is 151 Å². The number of benzene rings is 2. The molecule has 0 heterocycles. The van der Waals surface area contributed by atoms with Crippen molar-refractivity contribution < 1.29 is 13.2 Å². The molecular weight excluding hydrogens is 362 g/mol. The van der Waals surface area contributed by atoms with Crippen LogP contribution in [0.5, 0.6) is 0 Å². The van der Waals surface area contributed by atoms with E-state index in [4.69, 9.17) is 11.6 Å². The van der Waals surface area contributed by atoms with Crippen LogP contribution >= 0.6 is 11.6 Å². The first kappa shape index (κ1) is 17.7. The van der Waals surface area contributed by atoms with Gasteiger partial charge in [-0.25, -0.2) is 13.1 Å². The highest BCUT2D eigenvalue weighted by Crippen LogP contribution is 2.22. The van der Waals surface area contributed by atoms with Gasteiger partial charge in [-0.2, -0.15) is 0 Å². The van der Waals surface area contributed by atoms with E-state index in [2.05, 4.69) is 15.6 Å². The highest BCUT2D eigenvalue weighted by atomic mass is 35.5. The summed E-state index contributed by atoms with van der Waals surface area (Å²) in [6, 6.07) is 13.3. The number of amides is 1. The summed E-state index contributed by atoms with van der Waals surface area (Å²) >= 11 is 5.81. The molecule has 25 heavy (non-hydrogen) atoms. The molecule has 0 aromatic heterocycles. The SMILES string of the molecule is O=C(Cc1ccc(Cl)cc1)NNc1ccc(S(=O)(=O)NC2CC2)cc1. The van der Waals surface area contributed by atoms with Crippen LogP contribution in [0, 0.1) is 0 Å². The number of anilines is 1. The van der Waals surface area contributed by atoms with Gasteiger partial charge in [0, 0.05) is 11.1 Å². The summed E-state index contributed by atoms with van der Waals surface area (Å²) in [5, 5.41) is 0.619. The number of sulfonamides is 1. The van der Waals surface area contributed by atoms with Gasteiger partial charge < -0.3 is 0 Å². The fourth-order valence-electron chi connectivity index (χ4n) is 2.18. The van der Waals surface area contributed by atoms with Crippen molar-refractivity contribution >= 4 is 33.2 Å². The molecule has 0 unspecified atom stereocenters. The Morgan fingerprint density at radius 2 is 1.68 bits per heavy atom. The van der Waals surface area contributed by atoms with Crippen LogP contribution in [0.15, 0.2) is 53.4 Å². The maximum absolute atomic E-state index is 12.1. The monoisotopic (exact) mass is 379 g/mol. The Balaban J connectivity index is 1.52. The molecule has 0 saturated heterocycles. The largest absolute Gasteiger partial charge is 0.299 e. The molecule has 6 nitrogen and oxygen atoms in total. The number of halogens is 1. The molecule has 0 spiro atoms. The second-order valence-corrected chi connectivity index (χ2v) is 8.05. The summed E-state index contributed by atoms with van der Waals surface area (Å²) in [6.07, 6.45) is 1.99. The lowest BCUT2D eigenvalue weighted by molar-refractivity contribution is -0.119. The molecule has 0 radical (unpaired) electrons. The van der Waals surface area contributed by atoms with Gasteiger partial charge in [0.2, 0.25) is 15.9 Å². The van der Waals surface area contributed by atoms with E-state index < -0.39 is 10.0 Å². The highest BCUT2D eigenvalue weighted by molar-refractivity contribution is 7.89. The molecule has 3 N–H and O–H groups in total. The second kappa shape index (κ2) is 7.43. The molecule has 3 rings (SSSR count). The maximum atomic E-state index is 12.1. The Morgan fingerprint density at radius 3 is 2.28 bits per heavy atom. The van der Waals surface area contributed by atoms with Gasteiger partial charge >= 0.3 is 0 Å². The lowest BCUT2D eigenvalue weighted by atomic mass is 10.1. The summed E-state index contributed by atoms with van der Waals surface area (Å²) in [4.78, 5) is 12.1. The molecule has 0 aliphatic heterocycles. The predicted molar refractivity (Wildman–Crippen MR) is 96.7 cm³/mol. The van der Waals surface area contributed by atoms with Gasteiger partial charge in [-0.15, -0.1) is 0 Å². The van der Waals surface area contributed by atoms with Crippen LogP contribution < -0.4 is 15.6 Å². The van der Waals surface area contributed by atoms with Crippen LogP contribution in [0.25, 0.3) is 0 Å². The maximum Gasteiger partial charge on any atom is 0.242 e. The number of carbonyl (C=O) groups is 1. The van der Waals surface area contributed by atoms with Crippen molar-refractivity contribution in [2.45, 2.75) is 30.2 Å². The summed E-state index contributed by atoms with van der Waals surface area (Å²) in [7, 11) is -3.47. The summed E-state index contributed by atoms with van der Waals surface area (Å²) in [5.41, 5.74) is 6.78. The zero-order valence-corrected chi connectivity index (χ0v) is 14.9. The van der Waals surface area contributed by atoms with E-state index in [0.717, 1.165) is 18.4 Å². The first-order valence-electron chi connectivity index (χ1n) is 7.84. The van der Waals surface area contributed by atoms with Crippen molar-refractivity contribution in [1.82, 2.24) is 10.1 Å². The van der Waals surface area contributed by atoms with E-state index in [1.165, 1.54) is 12.1 Å². The molecule has 8 heteroatoms. The van der Waals surface area contributed by atoms with E-state index in [1.54, 1.807) is 36.4 Å². The molecule has 2 aromatic carbocycles. The first-order chi connectivity index (χ1) is 11.9. The number of rotatable bonds is 7. The van der Waals surface area contributed by atoms with Crippen molar-refractivity contribution in [1.29, 1.82) is 0 Å². The zero-order chi connectivity index (χ0) is 17.9. The third-order valence-electron chi connectivity index (χ3n) is 3.69. The van der Waals surface area contributed by atoms with Crippen LogP contribution in [0.1, 0.15) is 18.4 Å². The van der Waals surface area contributed by atoms with Crippen LogP contribution in [-0.2, 0) is 21.2 Å². The molecule has 0 atom stereocenters. The Morgan fingerprint density at radius 1 is 1.04 bits per heavy atom. The number of carbonyl (C=O) groups excluding carboxylic acids is 1. The molecule has 1 aliphatic rings. The van der Waals surface area contributed by atoms with Crippen molar-refractivity contribution in [2.75, 3.05) is 5.43 Å². The van der Waals surface area contributed by atoms with Gasteiger partial charge in [0.05, 0.1) is 17.0 Å². The Hall–Kier alpha value is -2.09. The van der Waals surface area contributed by atoms with E-state index in [0.29, 0.717) is 10.7 Å². The van der Waals surface area contributed by atoms with Gasteiger partial charge in [-0.1, -0.05) is 23.7 Å². The molecule has 0 bridgehead atoms. The van der Waals surface area contributed by atoms with E-state index in [9.17, 15) is 13.2 Å². The number of hydrogen-bond acceptors (Lipinski definition) is 4. The minimum Gasteiger partial charge on any atom is -0.299 e. The van der Waals surface area contributed by atoms with Crippen molar-refractivity contribution in [2.24, 2.45) is 0 Å². The van der Waals surface area contributed by atoms with E-state index in [1.807, 2.05) is 0 Å². The van der Waals surface area contributed by atoms with Crippen molar-refractivity contribution in [3.63, 3.8) is 0 Å². The minimum atomic E-state index is -3.47. The van der Waals surface area contributed by atoms with Crippen LogP contribution in [-0.4, -0.2) is 20.4 Å². The van der Waals surface area contributed by atoms with Gasteiger partial charge in [0.25, 0.3) is 0 Å². The minimum absolute atomic E-state index is 0.0648. The van der Waals surface area contributed by atoms with Gasteiger partial charge in [0.15, 0.2) is 0 Å². The van der Waals surface area contributed by atoms with Crippen molar-refractivity contribution in [3.05, 3.63) is 59.1 Å². The predicted octanol–water partition coefficient (Wildman–Crippen LogP) is 2.47. The highest BCUT2D eigenvalue weighted by Gasteiger charge is 2.27. The summed E-state index contributed by atoms with van der Waals surface area (Å²) < 4.78 is 26.8. The second-order valence-electron chi connectivity index (χ2n) is 5.90. The number of hydrogen-bond donors (Lipinski definition) is 3. The first-order valence-corrected chi connectivity index (χ1v) is 9.70. The Kier molecular flexibility index (Phi) is 5.27. The normalized spacial score (nSPS) is 14.1. The number of nitrogens with one attached hydrogen (secondary N) is 3. The zero-order valence-electron chi connectivity index (χ0n) is 13.3. The average molecular weight is 380 g/mol. The molecule has 2 aromatic rings.